The lowest BCUT2D eigenvalue weighted by Crippen LogP contribution is -2.40. The van der Waals surface area contributed by atoms with Gasteiger partial charge in [0.2, 0.25) is 0 Å². The number of morpholine rings is 1. The van der Waals surface area contributed by atoms with Gasteiger partial charge in [0.15, 0.2) is 17.1 Å². The average Bonchev–Trinajstić information content (AvgIpc) is 3.09. The Hall–Kier alpha value is -3.17. The molecule has 0 bridgehead atoms. The van der Waals surface area contributed by atoms with Crippen molar-refractivity contribution in [2.45, 2.75) is 32.6 Å². The second-order valence-electron chi connectivity index (χ2n) is 8.23. The summed E-state index contributed by atoms with van der Waals surface area (Å²) in [5, 5.41) is 0.576. The molecule has 0 aliphatic carbocycles. The number of benzene rings is 2. The number of fused-ring (bicyclic) bond motifs is 1. The Labute approximate surface area is 192 Å². The largest absolute Gasteiger partial charge is 0.449 e. The lowest BCUT2D eigenvalue weighted by Gasteiger charge is -2.26. The minimum absolute atomic E-state index is 0.0187. The van der Waals surface area contributed by atoms with Crippen LogP contribution in [-0.4, -0.2) is 51.3 Å². The van der Waals surface area contributed by atoms with E-state index in [9.17, 15) is 18.0 Å². The molecule has 0 radical (unpaired) electrons. The maximum absolute atomic E-state index is 13.5. The number of ketones is 1. The van der Waals surface area contributed by atoms with Crippen molar-refractivity contribution in [3.63, 3.8) is 0 Å². The van der Waals surface area contributed by atoms with Gasteiger partial charge in [-0.25, -0.2) is 8.42 Å². The Morgan fingerprint density at radius 1 is 1.03 bits per heavy atom. The SMILES string of the molecule is CC(=O)c1cccc(NS(=O)(=O)c2c(C)c(C)cc3c(C)c(C(=O)N4CCOCC4)oc23)c1. The molecule has 1 saturated heterocycles. The second kappa shape index (κ2) is 8.64. The van der Waals surface area contributed by atoms with Gasteiger partial charge >= 0.3 is 0 Å². The van der Waals surface area contributed by atoms with Crippen molar-refractivity contribution >= 4 is 38.4 Å². The van der Waals surface area contributed by atoms with E-state index in [-0.39, 0.29) is 33.6 Å². The molecule has 9 heteroatoms. The number of hydrogen-bond acceptors (Lipinski definition) is 6. The fourth-order valence-electron chi connectivity index (χ4n) is 3.99. The fourth-order valence-corrected chi connectivity index (χ4v) is 5.49. The Morgan fingerprint density at radius 3 is 2.39 bits per heavy atom. The summed E-state index contributed by atoms with van der Waals surface area (Å²) in [5.41, 5.74) is 2.69. The van der Waals surface area contributed by atoms with Gasteiger partial charge in [-0.15, -0.1) is 0 Å². The first-order valence-corrected chi connectivity index (χ1v) is 12.1. The zero-order chi connectivity index (χ0) is 23.9. The number of nitrogens with zero attached hydrogens (tertiary/aromatic N) is 1. The van der Waals surface area contributed by atoms with Gasteiger partial charge in [0.05, 0.1) is 13.2 Å². The van der Waals surface area contributed by atoms with Crippen molar-refractivity contribution < 1.29 is 27.2 Å². The number of Topliss-reactive ketones (excluding diaryl/α,β-unsaturated/α-hetero) is 1. The van der Waals surface area contributed by atoms with Crippen LogP contribution in [0.25, 0.3) is 11.0 Å². The molecule has 2 aromatic carbocycles. The number of furan rings is 1. The summed E-state index contributed by atoms with van der Waals surface area (Å²) in [7, 11) is -4.09. The molecule has 1 aliphatic heterocycles. The van der Waals surface area contributed by atoms with Crippen molar-refractivity contribution in [2.24, 2.45) is 0 Å². The Balaban J connectivity index is 1.83. The molecule has 1 fully saturated rings. The molecule has 33 heavy (non-hydrogen) atoms. The summed E-state index contributed by atoms with van der Waals surface area (Å²) in [4.78, 5) is 26.4. The molecule has 2 heterocycles. The lowest BCUT2D eigenvalue weighted by atomic mass is 10.0. The Bertz CT molecular complexity index is 1370. The van der Waals surface area contributed by atoms with Crippen molar-refractivity contribution in [1.29, 1.82) is 0 Å². The number of ether oxygens (including phenoxy) is 1. The number of hydrogen-bond donors (Lipinski definition) is 1. The standard InChI is InChI=1S/C24H26N2O6S/c1-14-12-20-16(3)21(24(28)26-8-10-31-11-9-26)32-22(20)23(15(14)2)33(29,30)25-19-7-5-6-18(13-19)17(4)27/h5-7,12-13,25H,8-11H2,1-4H3. The van der Waals surface area contributed by atoms with E-state index in [0.29, 0.717) is 48.4 Å². The van der Waals surface area contributed by atoms with Gasteiger partial charge in [-0.2, -0.15) is 0 Å². The molecular formula is C24H26N2O6S. The number of sulfonamides is 1. The first-order chi connectivity index (χ1) is 15.6. The Kier molecular flexibility index (Phi) is 6.02. The molecule has 8 nitrogen and oxygen atoms in total. The lowest BCUT2D eigenvalue weighted by molar-refractivity contribution is 0.0283. The normalized spacial score (nSPS) is 14.5. The second-order valence-corrected chi connectivity index (χ2v) is 9.85. The van der Waals surface area contributed by atoms with Crippen molar-refractivity contribution in [1.82, 2.24) is 4.90 Å². The highest BCUT2D eigenvalue weighted by Gasteiger charge is 2.30. The summed E-state index contributed by atoms with van der Waals surface area (Å²) in [6, 6.07) is 8.14. The molecule has 1 amide bonds. The van der Waals surface area contributed by atoms with E-state index in [2.05, 4.69) is 4.72 Å². The van der Waals surface area contributed by atoms with E-state index >= 15 is 0 Å². The molecule has 0 unspecified atom stereocenters. The van der Waals surface area contributed by atoms with Gasteiger partial charge < -0.3 is 14.1 Å². The van der Waals surface area contributed by atoms with E-state index in [4.69, 9.17) is 9.15 Å². The van der Waals surface area contributed by atoms with E-state index in [0.717, 1.165) is 5.56 Å². The highest BCUT2D eigenvalue weighted by atomic mass is 32.2. The molecule has 1 N–H and O–H groups in total. The maximum Gasteiger partial charge on any atom is 0.290 e. The molecular weight excluding hydrogens is 444 g/mol. The average molecular weight is 471 g/mol. The third-order valence-corrected chi connectivity index (χ3v) is 7.51. The van der Waals surface area contributed by atoms with Crippen LogP contribution in [0.3, 0.4) is 0 Å². The van der Waals surface area contributed by atoms with Gasteiger partial charge in [-0.1, -0.05) is 12.1 Å². The highest BCUT2D eigenvalue weighted by molar-refractivity contribution is 7.93. The van der Waals surface area contributed by atoms with Crippen LogP contribution < -0.4 is 4.72 Å². The van der Waals surface area contributed by atoms with E-state index in [1.54, 1.807) is 36.9 Å². The van der Waals surface area contributed by atoms with Crippen LogP contribution >= 0.6 is 0 Å². The number of carbonyl (C=O) groups is 2. The number of anilines is 1. The first kappa shape index (κ1) is 23.0. The zero-order valence-electron chi connectivity index (χ0n) is 19.0. The van der Waals surface area contributed by atoms with Gasteiger partial charge in [0.25, 0.3) is 15.9 Å². The van der Waals surface area contributed by atoms with Crippen LogP contribution in [0.2, 0.25) is 0 Å². The minimum Gasteiger partial charge on any atom is -0.449 e. The maximum atomic E-state index is 13.5. The smallest absolute Gasteiger partial charge is 0.290 e. The van der Waals surface area contributed by atoms with Crippen molar-refractivity contribution in [2.75, 3.05) is 31.0 Å². The van der Waals surface area contributed by atoms with Crippen LogP contribution in [0.1, 0.15) is 44.5 Å². The van der Waals surface area contributed by atoms with Gasteiger partial charge in [0, 0.05) is 35.3 Å². The van der Waals surface area contributed by atoms with Crippen LogP contribution in [0.15, 0.2) is 39.6 Å². The van der Waals surface area contributed by atoms with E-state index in [1.807, 2.05) is 13.0 Å². The summed E-state index contributed by atoms with van der Waals surface area (Å²) >= 11 is 0. The predicted molar refractivity (Wildman–Crippen MR) is 124 cm³/mol. The first-order valence-electron chi connectivity index (χ1n) is 10.6. The van der Waals surface area contributed by atoms with Crippen LogP contribution in [0.4, 0.5) is 5.69 Å². The summed E-state index contributed by atoms with van der Waals surface area (Å²) < 4.78 is 40.8. The Morgan fingerprint density at radius 2 is 1.73 bits per heavy atom. The highest BCUT2D eigenvalue weighted by Crippen LogP contribution is 2.36. The monoisotopic (exact) mass is 470 g/mol. The topological polar surface area (TPSA) is 106 Å². The van der Waals surface area contributed by atoms with Gasteiger partial charge in [0.1, 0.15) is 4.90 Å². The molecule has 0 spiro atoms. The third-order valence-electron chi connectivity index (χ3n) is 5.98. The third kappa shape index (κ3) is 4.26. The van der Waals surface area contributed by atoms with E-state index in [1.165, 1.54) is 13.0 Å². The fraction of sp³-hybridized carbons (Fsp3) is 0.333. The summed E-state index contributed by atoms with van der Waals surface area (Å²) in [6.45, 7) is 8.50. The molecule has 0 atom stereocenters. The van der Waals surface area contributed by atoms with Crippen LogP contribution in [0.5, 0.6) is 0 Å². The van der Waals surface area contributed by atoms with Crippen LogP contribution in [-0.2, 0) is 14.8 Å². The number of aryl methyl sites for hydroxylation is 2. The molecule has 1 aliphatic rings. The number of carbonyl (C=O) groups excluding carboxylic acids is 2. The number of rotatable bonds is 5. The summed E-state index contributed by atoms with van der Waals surface area (Å²) in [5.74, 6) is -0.321. The molecule has 3 aromatic rings. The van der Waals surface area contributed by atoms with E-state index < -0.39 is 10.0 Å². The molecule has 4 rings (SSSR count). The van der Waals surface area contributed by atoms with Crippen molar-refractivity contribution in [3.05, 3.63) is 58.3 Å². The van der Waals surface area contributed by atoms with Crippen molar-refractivity contribution in [3.8, 4) is 0 Å². The number of nitrogens with one attached hydrogen (secondary N) is 1. The minimum atomic E-state index is -4.09. The zero-order valence-corrected chi connectivity index (χ0v) is 19.8. The quantitative estimate of drug-likeness (QED) is 0.568. The molecule has 1 aromatic heterocycles. The molecule has 174 valence electrons. The molecule has 0 saturated carbocycles. The van der Waals surface area contributed by atoms with Gasteiger partial charge in [-0.3, -0.25) is 14.3 Å². The summed E-state index contributed by atoms with van der Waals surface area (Å²) in [6.07, 6.45) is 0. The number of amides is 1. The van der Waals surface area contributed by atoms with Crippen LogP contribution in [0, 0.1) is 20.8 Å². The van der Waals surface area contributed by atoms with Gasteiger partial charge in [-0.05, 0) is 57.0 Å². The predicted octanol–water partition coefficient (Wildman–Crippen LogP) is 3.83.